The van der Waals surface area contributed by atoms with Gasteiger partial charge < -0.3 is 9.88 Å². The number of aromatic nitrogens is 2. The number of hydrogen-bond acceptors (Lipinski definition) is 3. The van der Waals surface area contributed by atoms with Crippen LogP contribution in [0.2, 0.25) is 0 Å². The molecule has 0 saturated carbocycles. The van der Waals surface area contributed by atoms with E-state index in [0.717, 1.165) is 0 Å². The Kier molecular flexibility index (Phi) is 3.89. The predicted octanol–water partition coefficient (Wildman–Crippen LogP) is -1.23. The molecule has 1 heterocycles. The summed E-state index contributed by atoms with van der Waals surface area (Å²) in [7, 11) is 1.60. The highest BCUT2D eigenvalue weighted by Gasteiger charge is 2.01. The molecule has 0 aliphatic heterocycles. The molecule has 0 aliphatic carbocycles. The lowest BCUT2D eigenvalue weighted by Crippen LogP contribution is -2.40. The number of nitrogens with zero attached hydrogens (tertiary/aromatic N) is 2. The first-order valence-corrected chi connectivity index (χ1v) is 4.57. The smallest absolute Gasteiger partial charge is 0.304 e. The SMILES string of the molecule is C#CCNCCn1c(=O)ccn(C)c1=O. The summed E-state index contributed by atoms with van der Waals surface area (Å²) in [6, 6.07) is 1.36. The minimum absolute atomic E-state index is 0.291. The third kappa shape index (κ3) is 2.82. The van der Waals surface area contributed by atoms with Gasteiger partial charge >= 0.3 is 5.69 Å². The molecule has 0 aromatic carbocycles. The van der Waals surface area contributed by atoms with Gasteiger partial charge in [-0.3, -0.25) is 9.36 Å². The molecule has 1 N–H and O–H groups in total. The maximum absolute atomic E-state index is 11.5. The minimum Gasteiger partial charge on any atom is -0.304 e. The Morgan fingerprint density at radius 3 is 2.93 bits per heavy atom. The second kappa shape index (κ2) is 5.17. The van der Waals surface area contributed by atoms with Crippen molar-refractivity contribution in [3.63, 3.8) is 0 Å². The van der Waals surface area contributed by atoms with Gasteiger partial charge in [0.2, 0.25) is 0 Å². The van der Waals surface area contributed by atoms with Crippen LogP contribution in [-0.4, -0.2) is 22.2 Å². The molecule has 0 unspecified atom stereocenters. The third-order valence-corrected chi connectivity index (χ3v) is 1.98. The van der Waals surface area contributed by atoms with Crippen molar-refractivity contribution in [1.82, 2.24) is 14.5 Å². The average Bonchev–Trinajstić information content (AvgIpc) is 2.23. The lowest BCUT2D eigenvalue weighted by Gasteiger charge is -2.05. The van der Waals surface area contributed by atoms with Crippen LogP contribution in [0.25, 0.3) is 0 Å². The molecule has 0 amide bonds. The molecule has 1 aromatic heterocycles. The van der Waals surface area contributed by atoms with E-state index in [-0.39, 0.29) is 11.2 Å². The summed E-state index contributed by atoms with van der Waals surface area (Å²) >= 11 is 0. The third-order valence-electron chi connectivity index (χ3n) is 1.98. The van der Waals surface area contributed by atoms with Gasteiger partial charge in [0, 0.05) is 32.4 Å². The molecular weight excluding hydrogens is 194 g/mol. The maximum atomic E-state index is 11.5. The van der Waals surface area contributed by atoms with Crippen molar-refractivity contribution in [3.05, 3.63) is 33.1 Å². The van der Waals surface area contributed by atoms with Crippen molar-refractivity contribution in [2.45, 2.75) is 6.54 Å². The Bertz CT molecular complexity index is 479. The fourth-order valence-electron chi connectivity index (χ4n) is 1.17. The van der Waals surface area contributed by atoms with Crippen LogP contribution in [0.4, 0.5) is 0 Å². The van der Waals surface area contributed by atoms with Gasteiger partial charge in [0.15, 0.2) is 0 Å². The van der Waals surface area contributed by atoms with Crippen LogP contribution in [0.3, 0.4) is 0 Å². The number of nitrogens with one attached hydrogen (secondary N) is 1. The molecule has 0 atom stereocenters. The highest BCUT2D eigenvalue weighted by Crippen LogP contribution is 1.73. The first-order valence-electron chi connectivity index (χ1n) is 4.57. The lowest BCUT2D eigenvalue weighted by molar-refractivity contribution is 0.561. The van der Waals surface area contributed by atoms with Gasteiger partial charge in [-0.2, -0.15) is 0 Å². The molecule has 0 fully saturated rings. The van der Waals surface area contributed by atoms with Gasteiger partial charge in [-0.25, -0.2) is 4.79 Å². The normalized spacial score (nSPS) is 9.87. The second-order valence-corrected chi connectivity index (χ2v) is 3.08. The van der Waals surface area contributed by atoms with Crippen LogP contribution in [0.5, 0.6) is 0 Å². The number of terminal acetylenes is 1. The Hall–Kier alpha value is -1.80. The highest BCUT2D eigenvalue weighted by molar-refractivity contribution is 4.87. The van der Waals surface area contributed by atoms with Gasteiger partial charge in [-0.1, -0.05) is 5.92 Å². The number of rotatable bonds is 4. The van der Waals surface area contributed by atoms with E-state index in [9.17, 15) is 9.59 Å². The summed E-state index contributed by atoms with van der Waals surface area (Å²) in [5, 5.41) is 2.91. The fraction of sp³-hybridized carbons (Fsp3) is 0.400. The van der Waals surface area contributed by atoms with E-state index < -0.39 is 0 Å². The molecular formula is C10H13N3O2. The lowest BCUT2D eigenvalue weighted by atomic mass is 10.5. The Labute approximate surface area is 87.4 Å². The summed E-state index contributed by atoms with van der Waals surface area (Å²) in [6.45, 7) is 1.26. The highest BCUT2D eigenvalue weighted by atomic mass is 16.2. The molecule has 15 heavy (non-hydrogen) atoms. The fourth-order valence-corrected chi connectivity index (χ4v) is 1.17. The molecule has 0 aliphatic rings. The summed E-state index contributed by atoms with van der Waals surface area (Å²) < 4.78 is 2.53. The maximum Gasteiger partial charge on any atom is 0.330 e. The predicted molar refractivity (Wildman–Crippen MR) is 57.6 cm³/mol. The monoisotopic (exact) mass is 207 g/mol. The molecule has 1 aromatic rings. The van der Waals surface area contributed by atoms with Crippen LogP contribution >= 0.6 is 0 Å². The molecule has 0 saturated heterocycles. The Morgan fingerprint density at radius 1 is 1.53 bits per heavy atom. The minimum atomic E-state index is -0.315. The average molecular weight is 207 g/mol. The van der Waals surface area contributed by atoms with Gasteiger partial charge in [0.25, 0.3) is 5.56 Å². The quantitative estimate of drug-likeness (QED) is 0.497. The van der Waals surface area contributed by atoms with Crippen molar-refractivity contribution in [2.75, 3.05) is 13.1 Å². The second-order valence-electron chi connectivity index (χ2n) is 3.08. The largest absolute Gasteiger partial charge is 0.330 e. The van der Waals surface area contributed by atoms with Crippen LogP contribution in [0.15, 0.2) is 21.9 Å². The van der Waals surface area contributed by atoms with Crippen LogP contribution in [0, 0.1) is 12.3 Å². The van der Waals surface area contributed by atoms with Crippen LogP contribution < -0.4 is 16.6 Å². The van der Waals surface area contributed by atoms with Crippen molar-refractivity contribution in [1.29, 1.82) is 0 Å². The number of hydrogen-bond donors (Lipinski definition) is 1. The van der Waals surface area contributed by atoms with E-state index in [1.54, 1.807) is 7.05 Å². The standard InChI is InChI=1S/C10H13N3O2/c1-3-5-11-6-8-13-9(14)4-7-12(2)10(13)15/h1,4,7,11H,5-6,8H2,2H3. The van der Waals surface area contributed by atoms with Gasteiger partial charge in [0.1, 0.15) is 0 Å². The topological polar surface area (TPSA) is 56.0 Å². The Morgan fingerprint density at radius 2 is 2.27 bits per heavy atom. The van der Waals surface area contributed by atoms with Crippen LogP contribution in [-0.2, 0) is 13.6 Å². The first-order chi connectivity index (χ1) is 7.16. The molecule has 0 bridgehead atoms. The molecule has 0 radical (unpaired) electrons. The van der Waals surface area contributed by atoms with Crippen molar-refractivity contribution in [2.24, 2.45) is 7.05 Å². The van der Waals surface area contributed by atoms with E-state index in [1.165, 1.54) is 21.4 Å². The summed E-state index contributed by atoms with van der Waals surface area (Å²) in [5.41, 5.74) is -0.606. The zero-order valence-electron chi connectivity index (χ0n) is 8.56. The zero-order chi connectivity index (χ0) is 11.3. The van der Waals surface area contributed by atoms with Gasteiger partial charge in [0.05, 0.1) is 6.54 Å². The number of aryl methyl sites for hydroxylation is 1. The first kappa shape index (κ1) is 11.3. The zero-order valence-corrected chi connectivity index (χ0v) is 8.56. The summed E-state index contributed by atoms with van der Waals surface area (Å²) in [5.74, 6) is 2.41. The molecule has 1 rings (SSSR count). The van der Waals surface area contributed by atoms with E-state index >= 15 is 0 Å². The summed E-state index contributed by atoms with van der Waals surface area (Å²) in [6.07, 6.45) is 6.50. The van der Waals surface area contributed by atoms with Gasteiger partial charge in [-0.05, 0) is 0 Å². The Balaban J connectivity index is 2.78. The van der Waals surface area contributed by atoms with Gasteiger partial charge in [-0.15, -0.1) is 6.42 Å². The molecule has 5 nitrogen and oxygen atoms in total. The van der Waals surface area contributed by atoms with E-state index in [2.05, 4.69) is 11.2 Å². The molecule has 5 heteroatoms. The van der Waals surface area contributed by atoms with Crippen molar-refractivity contribution < 1.29 is 0 Å². The molecule has 0 spiro atoms. The van der Waals surface area contributed by atoms with Crippen molar-refractivity contribution >= 4 is 0 Å². The van der Waals surface area contributed by atoms with Crippen molar-refractivity contribution in [3.8, 4) is 12.3 Å². The van der Waals surface area contributed by atoms with E-state index in [4.69, 9.17) is 6.42 Å². The van der Waals surface area contributed by atoms with E-state index in [1.807, 2.05) is 0 Å². The molecule has 80 valence electrons. The van der Waals surface area contributed by atoms with Crippen LogP contribution in [0.1, 0.15) is 0 Å². The van der Waals surface area contributed by atoms with E-state index in [0.29, 0.717) is 19.6 Å². The summed E-state index contributed by atoms with van der Waals surface area (Å²) in [4.78, 5) is 22.8.